The molecule has 102 valence electrons. The van der Waals surface area contributed by atoms with Gasteiger partial charge in [-0.1, -0.05) is 17.7 Å². The van der Waals surface area contributed by atoms with Gasteiger partial charge in [0.2, 0.25) is 0 Å². The fourth-order valence-corrected chi connectivity index (χ4v) is 1.96. The summed E-state index contributed by atoms with van der Waals surface area (Å²) in [6.45, 7) is 5.22. The Labute approximate surface area is 114 Å². The molecular formula is C14H22ClFN2. The van der Waals surface area contributed by atoms with Crippen molar-refractivity contribution in [3.63, 3.8) is 0 Å². The van der Waals surface area contributed by atoms with Crippen LogP contribution < -0.4 is 5.32 Å². The summed E-state index contributed by atoms with van der Waals surface area (Å²) in [6, 6.07) is 5.48. The Kier molecular flexibility index (Phi) is 6.06. The molecule has 0 fully saturated rings. The van der Waals surface area contributed by atoms with Crippen LogP contribution in [0.1, 0.15) is 31.9 Å². The molecule has 0 amide bonds. The minimum atomic E-state index is -0.358. The summed E-state index contributed by atoms with van der Waals surface area (Å²) in [7, 11) is 4.12. The van der Waals surface area contributed by atoms with Gasteiger partial charge >= 0.3 is 0 Å². The van der Waals surface area contributed by atoms with E-state index in [0.717, 1.165) is 18.5 Å². The van der Waals surface area contributed by atoms with Crippen LogP contribution in [0.25, 0.3) is 0 Å². The van der Waals surface area contributed by atoms with Gasteiger partial charge in [0.05, 0.1) is 5.02 Å². The van der Waals surface area contributed by atoms with Gasteiger partial charge in [0, 0.05) is 12.1 Å². The van der Waals surface area contributed by atoms with E-state index in [2.05, 4.69) is 31.2 Å². The predicted octanol–water partition coefficient (Wildman–Crippen LogP) is 3.47. The number of hydrogen-bond donors (Lipinski definition) is 1. The topological polar surface area (TPSA) is 15.3 Å². The fraction of sp³-hybridized carbons (Fsp3) is 0.571. The van der Waals surface area contributed by atoms with Gasteiger partial charge in [0.25, 0.3) is 0 Å². The first-order chi connectivity index (χ1) is 8.40. The second kappa shape index (κ2) is 7.07. The van der Waals surface area contributed by atoms with Crippen LogP contribution in [0.15, 0.2) is 18.2 Å². The third-order valence-electron chi connectivity index (χ3n) is 2.99. The smallest absolute Gasteiger partial charge is 0.142 e. The maximum Gasteiger partial charge on any atom is 0.142 e. The van der Waals surface area contributed by atoms with Crippen LogP contribution in [0.4, 0.5) is 4.39 Å². The monoisotopic (exact) mass is 272 g/mol. The molecular weight excluding hydrogens is 251 g/mol. The van der Waals surface area contributed by atoms with Gasteiger partial charge in [-0.15, -0.1) is 0 Å². The first-order valence-electron chi connectivity index (χ1n) is 6.26. The summed E-state index contributed by atoms with van der Waals surface area (Å²) in [5.41, 5.74) is 0.925. The van der Waals surface area contributed by atoms with Crippen molar-refractivity contribution in [2.24, 2.45) is 0 Å². The largest absolute Gasteiger partial charge is 0.309 e. The molecule has 0 aliphatic heterocycles. The molecule has 0 saturated heterocycles. The molecule has 4 heteroatoms. The van der Waals surface area contributed by atoms with Crippen molar-refractivity contribution in [2.45, 2.75) is 32.4 Å². The number of halogens is 2. The molecule has 1 aromatic rings. The molecule has 1 aromatic carbocycles. The number of benzene rings is 1. The highest BCUT2D eigenvalue weighted by Gasteiger charge is 2.11. The van der Waals surface area contributed by atoms with Gasteiger partial charge in [-0.3, -0.25) is 0 Å². The quantitative estimate of drug-likeness (QED) is 0.853. The summed E-state index contributed by atoms with van der Waals surface area (Å²) in [4.78, 5) is 2.16. The first-order valence-corrected chi connectivity index (χ1v) is 6.63. The molecule has 0 radical (unpaired) electrons. The number of nitrogens with zero attached hydrogens (tertiary/aromatic N) is 1. The van der Waals surface area contributed by atoms with Crippen molar-refractivity contribution in [2.75, 3.05) is 20.6 Å². The van der Waals surface area contributed by atoms with Crippen LogP contribution >= 0.6 is 11.6 Å². The molecule has 0 bridgehead atoms. The molecule has 1 rings (SSSR count). The average molecular weight is 273 g/mol. The highest BCUT2D eigenvalue weighted by atomic mass is 35.5. The lowest BCUT2D eigenvalue weighted by Gasteiger charge is -2.22. The first kappa shape index (κ1) is 15.4. The Bertz CT molecular complexity index is 382. The van der Waals surface area contributed by atoms with E-state index in [1.165, 1.54) is 6.07 Å². The molecule has 0 aliphatic carbocycles. The van der Waals surface area contributed by atoms with Gasteiger partial charge in [-0.05, 0) is 58.6 Å². The zero-order chi connectivity index (χ0) is 13.7. The van der Waals surface area contributed by atoms with E-state index in [0.29, 0.717) is 6.04 Å². The second-order valence-electron chi connectivity index (χ2n) is 5.05. The maximum absolute atomic E-state index is 13.4. The van der Waals surface area contributed by atoms with E-state index in [9.17, 15) is 4.39 Å². The average Bonchev–Trinajstić information content (AvgIpc) is 2.30. The Morgan fingerprint density at radius 2 is 2.00 bits per heavy atom. The van der Waals surface area contributed by atoms with E-state index in [1.807, 2.05) is 13.0 Å². The van der Waals surface area contributed by atoms with Crippen molar-refractivity contribution < 1.29 is 4.39 Å². The molecule has 1 N–H and O–H groups in total. The molecule has 2 atom stereocenters. The summed E-state index contributed by atoms with van der Waals surface area (Å²) in [5, 5.41) is 3.63. The fourth-order valence-electron chi connectivity index (χ4n) is 1.84. The zero-order valence-electron chi connectivity index (χ0n) is 11.5. The zero-order valence-corrected chi connectivity index (χ0v) is 12.3. The molecule has 0 aromatic heterocycles. The van der Waals surface area contributed by atoms with Crippen LogP contribution in [0.2, 0.25) is 5.02 Å². The Balaban J connectivity index is 2.53. The molecule has 18 heavy (non-hydrogen) atoms. The molecule has 0 heterocycles. The Hall–Kier alpha value is -0.640. The van der Waals surface area contributed by atoms with Gasteiger partial charge in [-0.25, -0.2) is 4.39 Å². The lowest BCUT2D eigenvalue weighted by atomic mass is 10.1. The summed E-state index contributed by atoms with van der Waals surface area (Å²) < 4.78 is 13.4. The van der Waals surface area contributed by atoms with E-state index < -0.39 is 0 Å². The van der Waals surface area contributed by atoms with E-state index in [-0.39, 0.29) is 16.9 Å². The number of nitrogens with one attached hydrogen (secondary N) is 1. The summed E-state index contributed by atoms with van der Waals surface area (Å²) in [5.74, 6) is -0.358. The molecule has 0 aliphatic rings. The molecule has 0 spiro atoms. The summed E-state index contributed by atoms with van der Waals surface area (Å²) >= 11 is 5.67. The Morgan fingerprint density at radius 3 is 2.56 bits per heavy atom. The predicted molar refractivity (Wildman–Crippen MR) is 75.6 cm³/mol. The SMILES string of the molecule is CC(CCN(C)C)NC(C)c1ccc(Cl)c(F)c1. The van der Waals surface area contributed by atoms with Crippen molar-refractivity contribution in [3.05, 3.63) is 34.6 Å². The molecule has 0 saturated carbocycles. The van der Waals surface area contributed by atoms with Crippen LogP contribution in [-0.2, 0) is 0 Å². The van der Waals surface area contributed by atoms with Gasteiger partial charge < -0.3 is 10.2 Å². The highest BCUT2D eigenvalue weighted by molar-refractivity contribution is 6.30. The third kappa shape index (κ3) is 4.92. The van der Waals surface area contributed by atoms with Crippen LogP contribution in [0.3, 0.4) is 0 Å². The van der Waals surface area contributed by atoms with E-state index in [4.69, 9.17) is 11.6 Å². The number of rotatable bonds is 6. The highest BCUT2D eigenvalue weighted by Crippen LogP contribution is 2.20. The maximum atomic E-state index is 13.4. The van der Waals surface area contributed by atoms with Gasteiger partial charge in [-0.2, -0.15) is 0 Å². The lowest BCUT2D eigenvalue weighted by Crippen LogP contribution is -2.31. The minimum absolute atomic E-state index is 0.119. The molecule has 2 nitrogen and oxygen atoms in total. The standard InChI is InChI=1S/C14H22ClFN2/c1-10(7-8-18(3)4)17-11(2)12-5-6-13(15)14(16)9-12/h5-6,9-11,17H,7-8H2,1-4H3. The molecule has 2 unspecified atom stereocenters. The van der Waals surface area contributed by atoms with Crippen LogP contribution in [-0.4, -0.2) is 31.6 Å². The van der Waals surface area contributed by atoms with Crippen molar-refractivity contribution in [3.8, 4) is 0 Å². The number of hydrogen-bond acceptors (Lipinski definition) is 2. The van der Waals surface area contributed by atoms with Gasteiger partial charge in [0.15, 0.2) is 0 Å². The van der Waals surface area contributed by atoms with E-state index >= 15 is 0 Å². The second-order valence-corrected chi connectivity index (χ2v) is 5.46. The van der Waals surface area contributed by atoms with Crippen molar-refractivity contribution >= 4 is 11.6 Å². The normalized spacial score (nSPS) is 14.8. The van der Waals surface area contributed by atoms with Gasteiger partial charge in [0.1, 0.15) is 5.82 Å². The minimum Gasteiger partial charge on any atom is -0.309 e. The third-order valence-corrected chi connectivity index (χ3v) is 3.29. The van der Waals surface area contributed by atoms with Crippen LogP contribution in [0.5, 0.6) is 0 Å². The summed E-state index contributed by atoms with van der Waals surface area (Å²) in [6.07, 6.45) is 1.06. The lowest BCUT2D eigenvalue weighted by molar-refractivity contribution is 0.354. The Morgan fingerprint density at radius 1 is 1.33 bits per heavy atom. The van der Waals surface area contributed by atoms with Crippen molar-refractivity contribution in [1.29, 1.82) is 0 Å². The van der Waals surface area contributed by atoms with E-state index in [1.54, 1.807) is 6.07 Å². The van der Waals surface area contributed by atoms with Crippen LogP contribution in [0, 0.1) is 5.82 Å². The van der Waals surface area contributed by atoms with Crippen molar-refractivity contribution in [1.82, 2.24) is 10.2 Å².